The van der Waals surface area contributed by atoms with E-state index in [9.17, 15) is 22.8 Å². The summed E-state index contributed by atoms with van der Waals surface area (Å²) in [5.41, 5.74) is -1.77. The number of benzene rings is 1. The molecule has 0 radical (unpaired) electrons. The van der Waals surface area contributed by atoms with Crippen molar-refractivity contribution in [3.63, 3.8) is 0 Å². The second-order valence-corrected chi connectivity index (χ2v) is 4.22. The molecule has 8 heteroatoms. The molecule has 1 aromatic carbocycles. The number of carboxylic acid groups (broad SMARTS) is 1. The largest absolute Gasteiger partial charge is 0.478 e. The number of carbonyl (C=O) groups is 2. The molecule has 0 saturated heterocycles. The molecule has 0 aromatic heterocycles. The normalized spacial score (nSPS) is 11.2. The second kappa shape index (κ2) is 7.07. The van der Waals surface area contributed by atoms with Crippen LogP contribution in [-0.2, 0) is 11.0 Å². The van der Waals surface area contributed by atoms with Crippen molar-refractivity contribution in [2.45, 2.75) is 19.5 Å². The zero-order chi connectivity index (χ0) is 16.0. The van der Waals surface area contributed by atoms with E-state index in [0.717, 1.165) is 6.07 Å². The summed E-state index contributed by atoms with van der Waals surface area (Å²) in [5.74, 6) is -1.97. The predicted octanol–water partition coefficient (Wildman–Crippen LogP) is 2.34. The third kappa shape index (κ3) is 5.07. The molecule has 0 aliphatic carbocycles. The van der Waals surface area contributed by atoms with E-state index < -0.39 is 23.6 Å². The Hall–Kier alpha value is -2.09. The average Bonchev–Trinajstić information content (AvgIpc) is 2.37. The van der Waals surface area contributed by atoms with Crippen LogP contribution in [-0.4, -0.2) is 30.1 Å². The van der Waals surface area contributed by atoms with E-state index >= 15 is 0 Å². The van der Waals surface area contributed by atoms with Crippen LogP contribution >= 0.6 is 0 Å². The van der Waals surface area contributed by atoms with Gasteiger partial charge in [-0.3, -0.25) is 4.79 Å². The molecule has 5 nitrogen and oxygen atoms in total. The standard InChI is InChI=1S/C13H15F3N2O3/c1-2-17-6-5-11(19)18-10-7-8(13(14,15)16)3-4-9(10)12(20)21/h3-4,7,17H,2,5-6H2,1H3,(H,18,19)(H,20,21). The van der Waals surface area contributed by atoms with Crippen molar-refractivity contribution in [1.82, 2.24) is 5.32 Å². The Kier molecular flexibility index (Phi) is 5.71. The number of alkyl halides is 3. The molecule has 0 spiro atoms. The van der Waals surface area contributed by atoms with E-state index in [2.05, 4.69) is 10.6 Å². The van der Waals surface area contributed by atoms with E-state index in [4.69, 9.17) is 5.11 Å². The molecule has 0 aliphatic heterocycles. The molecule has 116 valence electrons. The van der Waals surface area contributed by atoms with Gasteiger partial charge in [0, 0.05) is 13.0 Å². The fraction of sp³-hybridized carbons (Fsp3) is 0.385. The minimum absolute atomic E-state index is 0.0309. The van der Waals surface area contributed by atoms with Gasteiger partial charge in [-0.2, -0.15) is 13.2 Å². The van der Waals surface area contributed by atoms with Crippen LogP contribution in [0.1, 0.15) is 29.3 Å². The summed E-state index contributed by atoms with van der Waals surface area (Å²) in [7, 11) is 0. The minimum Gasteiger partial charge on any atom is -0.478 e. The van der Waals surface area contributed by atoms with Gasteiger partial charge in [0.15, 0.2) is 0 Å². The fourth-order valence-electron chi connectivity index (χ4n) is 1.60. The summed E-state index contributed by atoms with van der Waals surface area (Å²) < 4.78 is 37.8. The molecular formula is C13H15F3N2O3. The van der Waals surface area contributed by atoms with Crippen molar-refractivity contribution < 1.29 is 27.9 Å². The molecule has 1 rings (SSSR count). The first-order chi connectivity index (χ1) is 9.75. The van der Waals surface area contributed by atoms with Gasteiger partial charge in [0.1, 0.15) is 0 Å². The number of anilines is 1. The molecule has 0 unspecified atom stereocenters. The van der Waals surface area contributed by atoms with Crippen molar-refractivity contribution in [3.05, 3.63) is 29.3 Å². The molecule has 1 amide bonds. The Morgan fingerprint density at radius 3 is 2.48 bits per heavy atom. The van der Waals surface area contributed by atoms with Gasteiger partial charge in [0.05, 0.1) is 16.8 Å². The Bertz CT molecular complexity index is 530. The number of aromatic carboxylic acids is 1. The lowest BCUT2D eigenvalue weighted by Crippen LogP contribution is -2.22. The Morgan fingerprint density at radius 1 is 1.29 bits per heavy atom. The number of rotatable bonds is 6. The molecule has 0 saturated carbocycles. The van der Waals surface area contributed by atoms with Crippen LogP contribution in [0.4, 0.5) is 18.9 Å². The number of carbonyl (C=O) groups excluding carboxylic acids is 1. The molecule has 21 heavy (non-hydrogen) atoms. The number of amides is 1. The summed E-state index contributed by atoms with van der Waals surface area (Å²) in [4.78, 5) is 22.6. The van der Waals surface area contributed by atoms with Crippen molar-refractivity contribution in [3.8, 4) is 0 Å². The quantitative estimate of drug-likeness (QED) is 0.705. The fourth-order valence-corrected chi connectivity index (χ4v) is 1.60. The van der Waals surface area contributed by atoms with Crippen LogP contribution in [0.2, 0.25) is 0 Å². The summed E-state index contributed by atoms with van der Waals surface area (Å²) in [5, 5.41) is 14.0. The lowest BCUT2D eigenvalue weighted by Gasteiger charge is -2.12. The van der Waals surface area contributed by atoms with Crippen molar-refractivity contribution >= 4 is 17.6 Å². The third-order valence-electron chi connectivity index (χ3n) is 2.63. The van der Waals surface area contributed by atoms with Crippen molar-refractivity contribution in [2.24, 2.45) is 0 Å². The first kappa shape index (κ1) is 17.0. The van der Waals surface area contributed by atoms with Crippen LogP contribution in [0.3, 0.4) is 0 Å². The summed E-state index contributed by atoms with van der Waals surface area (Å²) in [6.07, 6.45) is -4.58. The highest BCUT2D eigenvalue weighted by atomic mass is 19.4. The monoisotopic (exact) mass is 304 g/mol. The molecule has 0 aliphatic rings. The number of nitrogens with one attached hydrogen (secondary N) is 2. The van der Waals surface area contributed by atoms with Gasteiger partial charge < -0.3 is 15.7 Å². The maximum Gasteiger partial charge on any atom is 0.416 e. The van der Waals surface area contributed by atoms with Crippen LogP contribution in [0.15, 0.2) is 18.2 Å². The number of hydrogen-bond acceptors (Lipinski definition) is 3. The molecule has 0 heterocycles. The van der Waals surface area contributed by atoms with Gasteiger partial charge in [-0.05, 0) is 24.7 Å². The smallest absolute Gasteiger partial charge is 0.416 e. The van der Waals surface area contributed by atoms with Gasteiger partial charge >= 0.3 is 12.1 Å². The van der Waals surface area contributed by atoms with E-state index in [-0.39, 0.29) is 17.7 Å². The molecule has 1 aromatic rings. The van der Waals surface area contributed by atoms with Crippen LogP contribution < -0.4 is 10.6 Å². The Labute approximate surface area is 119 Å². The lowest BCUT2D eigenvalue weighted by molar-refractivity contribution is -0.137. The Balaban J connectivity index is 2.96. The van der Waals surface area contributed by atoms with E-state index in [1.165, 1.54) is 0 Å². The Morgan fingerprint density at radius 2 is 1.95 bits per heavy atom. The third-order valence-corrected chi connectivity index (χ3v) is 2.63. The van der Waals surface area contributed by atoms with Crippen molar-refractivity contribution in [1.29, 1.82) is 0 Å². The van der Waals surface area contributed by atoms with E-state index in [1.807, 2.05) is 6.92 Å². The van der Waals surface area contributed by atoms with Crippen molar-refractivity contribution in [2.75, 3.05) is 18.4 Å². The molecule has 0 atom stereocenters. The maximum atomic E-state index is 12.6. The zero-order valence-electron chi connectivity index (χ0n) is 11.3. The number of carboxylic acids is 1. The van der Waals surface area contributed by atoms with E-state index in [1.54, 1.807) is 0 Å². The maximum absolute atomic E-state index is 12.6. The number of halogens is 3. The van der Waals surface area contributed by atoms with Crippen LogP contribution in [0, 0.1) is 0 Å². The first-order valence-corrected chi connectivity index (χ1v) is 6.20. The lowest BCUT2D eigenvalue weighted by atomic mass is 10.1. The van der Waals surface area contributed by atoms with Gasteiger partial charge in [0.25, 0.3) is 0 Å². The highest BCUT2D eigenvalue weighted by molar-refractivity contribution is 6.00. The zero-order valence-corrected chi connectivity index (χ0v) is 11.3. The minimum atomic E-state index is -4.61. The molecule has 0 fully saturated rings. The summed E-state index contributed by atoms with van der Waals surface area (Å²) in [6, 6.07) is 2.11. The molecule has 3 N–H and O–H groups in total. The molecule has 0 bridgehead atoms. The van der Waals surface area contributed by atoms with Gasteiger partial charge in [-0.15, -0.1) is 0 Å². The van der Waals surface area contributed by atoms with E-state index in [0.29, 0.717) is 25.2 Å². The van der Waals surface area contributed by atoms with Gasteiger partial charge in [0.2, 0.25) is 5.91 Å². The average molecular weight is 304 g/mol. The predicted molar refractivity (Wildman–Crippen MR) is 70.2 cm³/mol. The molecular weight excluding hydrogens is 289 g/mol. The van der Waals surface area contributed by atoms with Crippen LogP contribution in [0.25, 0.3) is 0 Å². The number of hydrogen-bond donors (Lipinski definition) is 3. The van der Waals surface area contributed by atoms with Gasteiger partial charge in [-0.1, -0.05) is 6.92 Å². The SMILES string of the molecule is CCNCCC(=O)Nc1cc(C(F)(F)F)ccc1C(=O)O. The van der Waals surface area contributed by atoms with Crippen LogP contribution in [0.5, 0.6) is 0 Å². The van der Waals surface area contributed by atoms with Gasteiger partial charge in [-0.25, -0.2) is 4.79 Å². The summed E-state index contributed by atoms with van der Waals surface area (Å²) >= 11 is 0. The topological polar surface area (TPSA) is 78.4 Å². The second-order valence-electron chi connectivity index (χ2n) is 4.22. The highest BCUT2D eigenvalue weighted by Crippen LogP contribution is 2.32. The summed E-state index contributed by atoms with van der Waals surface area (Å²) in [6.45, 7) is 2.84. The highest BCUT2D eigenvalue weighted by Gasteiger charge is 2.31. The first-order valence-electron chi connectivity index (χ1n) is 6.20.